The first-order valence-electron chi connectivity index (χ1n) is 6.08. The summed E-state index contributed by atoms with van der Waals surface area (Å²) in [6, 6.07) is 0.0281. The van der Waals surface area contributed by atoms with Crippen molar-refractivity contribution in [3.8, 4) is 0 Å². The highest BCUT2D eigenvalue weighted by atomic mass is 35.5. The zero-order chi connectivity index (χ0) is 13.3. The Balaban J connectivity index is 2.45. The van der Waals surface area contributed by atoms with E-state index in [1.807, 2.05) is 18.4 Å². The highest BCUT2D eigenvalue weighted by Gasteiger charge is 2.22. The molecule has 1 atom stereocenters. The number of aromatic nitrogens is 4. The minimum atomic E-state index is 0.0281. The monoisotopic (exact) mass is 268 g/mol. The molecule has 0 saturated heterocycles. The number of aryl methyl sites for hydroxylation is 3. The lowest BCUT2D eigenvalue weighted by Gasteiger charge is -2.16. The van der Waals surface area contributed by atoms with Crippen molar-refractivity contribution < 1.29 is 4.52 Å². The van der Waals surface area contributed by atoms with Crippen molar-refractivity contribution in [2.45, 2.75) is 46.6 Å². The number of rotatable bonds is 4. The van der Waals surface area contributed by atoms with Gasteiger partial charge in [-0.15, -0.1) is 10.2 Å². The Morgan fingerprint density at radius 3 is 2.61 bits per heavy atom. The minimum Gasteiger partial charge on any atom is -0.361 e. The van der Waals surface area contributed by atoms with Crippen molar-refractivity contribution in [1.29, 1.82) is 0 Å². The van der Waals surface area contributed by atoms with Crippen LogP contribution in [0.5, 0.6) is 0 Å². The molecule has 98 valence electrons. The molecule has 2 heterocycles. The minimum absolute atomic E-state index is 0.0281. The van der Waals surface area contributed by atoms with Crippen LogP contribution in [-0.2, 0) is 6.42 Å². The van der Waals surface area contributed by atoms with Crippen molar-refractivity contribution >= 4 is 11.6 Å². The van der Waals surface area contributed by atoms with Crippen LogP contribution in [0, 0.1) is 13.8 Å². The lowest BCUT2D eigenvalue weighted by molar-refractivity contribution is 0.390. The van der Waals surface area contributed by atoms with Gasteiger partial charge in [0, 0.05) is 12.0 Å². The van der Waals surface area contributed by atoms with Crippen molar-refractivity contribution in [2.75, 3.05) is 0 Å². The summed E-state index contributed by atoms with van der Waals surface area (Å²) in [4.78, 5) is 0. The molecule has 0 N–H and O–H groups in total. The Morgan fingerprint density at radius 1 is 1.33 bits per heavy atom. The average molecular weight is 269 g/mol. The fourth-order valence-electron chi connectivity index (χ4n) is 2.29. The van der Waals surface area contributed by atoms with Crippen LogP contribution in [0.3, 0.4) is 0 Å². The summed E-state index contributed by atoms with van der Waals surface area (Å²) < 4.78 is 7.15. The molecule has 0 fully saturated rings. The molecule has 2 aromatic rings. The maximum atomic E-state index is 6.14. The summed E-state index contributed by atoms with van der Waals surface area (Å²) >= 11 is 6.14. The maximum absolute atomic E-state index is 6.14. The quantitative estimate of drug-likeness (QED) is 0.855. The Bertz CT molecular complexity index is 527. The van der Waals surface area contributed by atoms with Gasteiger partial charge in [0.25, 0.3) is 0 Å². The molecule has 0 saturated carbocycles. The van der Waals surface area contributed by atoms with Crippen LogP contribution < -0.4 is 0 Å². The second kappa shape index (κ2) is 5.10. The topological polar surface area (TPSA) is 56.7 Å². The Morgan fingerprint density at radius 2 is 2.06 bits per heavy atom. The summed E-state index contributed by atoms with van der Waals surface area (Å²) in [7, 11) is 0. The molecule has 2 aromatic heterocycles. The van der Waals surface area contributed by atoms with Crippen LogP contribution in [0.25, 0.3) is 0 Å². The molecule has 0 bridgehead atoms. The predicted octanol–water partition coefficient (Wildman–Crippen LogP) is 3.10. The average Bonchev–Trinajstić information content (AvgIpc) is 2.83. The third kappa shape index (κ3) is 2.14. The summed E-state index contributed by atoms with van der Waals surface area (Å²) in [6.07, 6.45) is 1.86. The highest BCUT2D eigenvalue weighted by molar-refractivity contribution is 6.28. The van der Waals surface area contributed by atoms with Gasteiger partial charge in [0.05, 0.1) is 11.7 Å². The molecular formula is C12H17ClN4O. The van der Waals surface area contributed by atoms with Gasteiger partial charge >= 0.3 is 0 Å². The molecule has 6 heteroatoms. The van der Waals surface area contributed by atoms with Crippen molar-refractivity contribution in [2.24, 2.45) is 0 Å². The lowest BCUT2D eigenvalue weighted by atomic mass is 10.1. The van der Waals surface area contributed by atoms with E-state index in [1.54, 1.807) is 0 Å². The maximum Gasteiger partial charge on any atom is 0.225 e. The van der Waals surface area contributed by atoms with Crippen LogP contribution >= 0.6 is 11.6 Å². The SMILES string of the molecule is CCCc1nnc(Cl)n1C(C)c1c(C)noc1C. The summed E-state index contributed by atoms with van der Waals surface area (Å²) in [5.74, 6) is 1.71. The van der Waals surface area contributed by atoms with Gasteiger partial charge in [-0.1, -0.05) is 12.1 Å². The Kier molecular flexibility index (Phi) is 3.71. The van der Waals surface area contributed by atoms with Crippen LogP contribution in [0.4, 0.5) is 0 Å². The third-order valence-corrected chi connectivity index (χ3v) is 3.35. The van der Waals surface area contributed by atoms with E-state index in [4.69, 9.17) is 16.1 Å². The summed E-state index contributed by atoms with van der Waals surface area (Å²) in [6.45, 7) is 8.00. The van der Waals surface area contributed by atoms with Gasteiger partial charge in [0.1, 0.15) is 11.6 Å². The van der Waals surface area contributed by atoms with Crippen molar-refractivity contribution in [3.63, 3.8) is 0 Å². The summed E-state index contributed by atoms with van der Waals surface area (Å²) in [5, 5.41) is 12.5. The van der Waals surface area contributed by atoms with Crippen molar-refractivity contribution in [1.82, 2.24) is 19.9 Å². The summed E-state index contributed by atoms with van der Waals surface area (Å²) in [5.41, 5.74) is 1.93. The number of hydrogen-bond donors (Lipinski definition) is 0. The molecule has 0 aliphatic rings. The second-order valence-corrected chi connectivity index (χ2v) is 4.76. The molecule has 0 radical (unpaired) electrons. The van der Waals surface area contributed by atoms with E-state index in [2.05, 4.69) is 29.2 Å². The van der Waals surface area contributed by atoms with Crippen LogP contribution in [0.2, 0.25) is 5.28 Å². The highest BCUT2D eigenvalue weighted by Crippen LogP contribution is 2.28. The molecule has 18 heavy (non-hydrogen) atoms. The van der Waals surface area contributed by atoms with Gasteiger partial charge < -0.3 is 4.52 Å². The molecule has 1 unspecified atom stereocenters. The van der Waals surface area contributed by atoms with Gasteiger partial charge in [0.15, 0.2) is 0 Å². The lowest BCUT2D eigenvalue weighted by Crippen LogP contribution is -2.12. The van der Waals surface area contributed by atoms with E-state index in [1.165, 1.54) is 0 Å². The van der Waals surface area contributed by atoms with Gasteiger partial charge in [0.2, 0.25) is 5.28 Å². The van der Waals surface area contributed by atoms with Crippen molar-refractivity contribution in [3.05, 3.63) is 28.1 Å². The molecule has 0 aliphatic heterocycles. The molecule has 5 nitrogen and oxygen atoms in total. The Labute approximate surface area is 111 Å². The third-order valence-electron chi connectivity index (χ3n) is 3.09. The van der Waals surface area contributed by atoms with Crippen LogP contribution in [0.15, 0.2) is 4.52 Å². The van der Waals surface area contributed by atoms with E-state index < -0.39 is 0 Å². The molecule has 0 aromatic carbocycles. The largest absolute Gasteiger partial charge is 0.361 e. The molecule has 0 spiro atoms. The standard InChI is InChI=1S/C12H17ClN4O/c1-5-6-10-14-15-12(13)17(10)8(3)11-7(2)16-18-9(11)4/h8H,5-6H2,1-4H3. The first-order valence-corrected chi connectivity index (χ1v) is 6.46. The van der Waals surface area contributed by atoms with E-state index in [9.17, 15) is 0 Å². The van der Waals surface area contributed by atoms with E-state index in [-0.39, 0.29) is 6.04 Å². The number of nitrogens with zero attached hydrogens (tertiary/aromatic N) is 4. The molecule has 0 aliphatic carbocycles. The number of halogens is 1. The molecule has 0 amide bonds. The second-order valence-electron chi connectivity index (χ2n) is 4.42. The smallest absolute Gasteiger partial charge is 0.225 e. The van der Waals surface area contributed by atoms with E-state index in [0.29, 0.717) is 5.28 Å². The van der Waals surface area contributed by atoms with Gasteiger partial charge in [-0.3, -0.25) is 4.57 Å². The predicted molar refractivity (Wildman–Crippen MR) is 68.8 cm³/mol. The van der Waals surface area contributed by atoms with E-state index >= 15 is 0 Å². The van der Waals surface area contributed by atoms with E-state index in [0.717, 1.165) is 35.7 Å². The zero-order valence-electron chi connectivity index (χ0n) is 11.1. The molecule has 2 rings (SSSR count). The zero-order valence-corrected chi connectivity index (χ0v) is 11.8. The first kappa shape index (κ1) is 13.1. The van der Waals surface area contributed by atoms with Gasteiger partial charge in [-0.25, -0.2) is 0 Å². The van der Waals surface area contributed by atoms with Gasteiger partial charge in [-0.2, -0.15) is 0 Å². The van der Waals surface area contributed by atoms with Crippen LogP contribution in [-0.4, -0.2) is 19.9 Å². The normalized spacial score (nSPS) is 12.9. The Hall–Kier alpha value is -1.36. The first-order chi connectivity index (χ1) is 8.56. The van der Waals surface area contributed by atoms with Gasteiger partial charge in [-0.05, 0) is 38.8 Å². The molecular weight excluding hydrogens is 252 g/mol. The number of hydrogen-bond acceptors (Lipinski definition) is 4. The fraction of sp³-hybridized carbons (Fsp3) is 0.583. The fourth-order valence-corrected chi connectivity index (χ4v) is 2.58. The van der Waals surface area contributed by atoms with Crippen LogP contribution in [0.1, 0.15) is 49.2 Å².